The third kappa shape index (κ3) is 4.13. The van der Waals surface area contributed by atoms with Crippen LogP contribution in [0.3, 0.4) is 0 Å². The van der Waals surface area contributed by atoms with E-state index in [1.807, 2.05) is 0 Å². The molecule has 1 aromatic carbocycles. The van der Waals surface area contributed by atoms with E-state index < -0.39 is 0 Å². The van der Waals surface area contributed by atoms with Crippen LogP contribution in [-0.4, -0.2) is 5.91 Å². The van der Waals surface area contributed by atoms with E-state index in [2.05, 4.69) is 57.1 Å². The monoisotopic (exact) mass is 257 g/mol. The van der Waals surface area contributed by atoms with Crippen LogP contribution in [0.1, 0.15) is 63.5 Å². The number of terminal acetylenes is 1. The quantitative estimate of drug-likeness (QED) is 0.783. The molecule has 0 atom stereocenters. The summed E-state index contributed by atoms with van der Waals surface area (Å²) in [5.74, 6) is 3.24. The molecule has 1 rings (SSSR count). The molecule has 0 saturated carbocycles. The Morgan fingerprint density at radius 1 is 1.21 bits per heavy atom. The lowest BCUT2D eigenvalue weighted by atomic mass is 9.92. The molecule has 0 radical (unpaired) electrons. The highest BCUT2D eigenvalue weighted by atomic mass is 16.1. The second kappa shape index (κ2) is 6.99. The summed E-state index contributed by atoms with van der Waals surface area (Å²) in [4.78, 5) is 11.9. The Morgan fingerprint density at radius 2 is 1.74 bits per heavy atom. The first kappa shape index (κ1) is 15.3. The van der Waals surface area contributed by atoms with Gasteiger partial charge in [-0.05, 0) is 23.0 Å². The summed E-state index contributed by atoms with van der Waals surface area (Å²) in [6.45, 7) is 8.54. The third-order valence-electron chi connectivity index (χ3n) is 3.13. The predicted molar refractivity (Wildman–Crippen MR) is 81.3 cm³/mol. The first-order valence-corrected chi connectivity index (χ1v) is 6.83. The van der Waals surface area contributed by atoms with Crippen LogP contribution in [0, 0.1) is 12.3 Å². The van der Waals surface area contributed by atoms with Crippen LogP contribution in [0.4, 0.5) is 5.69 Å². The second-order valence-corrected chi connectivity index (χ2v) is 5.37. The van der Waals surface area contributed by atoms with E-state index in [9.17, 15) is 4.79 Å². The fourth-order valence-corrected chi connectivity index (χ4v) is 2.08. The zero-order chi connectivity index (χ0) is 14.4. The van der Waals surface area contributed by atoms with Crippen LogP contribution in [0.5, 0.6) is 0 Å². The molecule has 19 heavy (non-hydrogen) atoms. The molecule has 0 bridgehead atoms. The minimum Gasteiger partial charge on any atom is -0.326 e. The molecule has 0 aliphatic heterocycles. The third-order valence-corrected chi connectivity index (χ3v) is 3.13. The smallest absolute Gasteiger partial charge is 0.225 e. The van der Waals surface area contributed by atoms with E-state index in [1.165, 1.54) is 11.1 Å². The van der Waals surface area contributed by atoms with Crippen LogP contribution in [-0.2, 0) is 4.79 Å². The SMILES string of the molecule is C#CCCC(=O)Nc1c(C(C)C)cccc1C(C)C. The lowest BCUT2D eigenvalue weighted by Crippen LogP contribution is -2.15. The summed E-state index contributed by atoms with van der Waals surface area (Å²) in [6, 6.07) is 6.21. The van der Waals surface area contributed by atoms with Gasteiger partial charge in [0, 0.05) is 18.5 Å². The minimum absolute atomic E-state index is 0.00653. The summed E-state index contributed by atoms with van der Waals surface area (Å²) >= 11 is 0. The number of hydrogen-bond donors (Lipinski definition) is 1. The topological polar surface area (TPSA) is 29.1 Å². The molecule has 0 aromatic heterocycles. The fraction of sp³-hybridized carbons (Fsp3) is 0.471. The number of anilines is 1. The van der Waals surface area contributed by atoms with Gasteiger partial charge in [-0.1, -0.05) is 45.9 Å². The Hall–Kier alpha value is -1.75. The summed E-state index contributed by atoms with van der Waals surface area (Å²) in [5, 5.41) is 3.04. The molecule has 1 amide bonds. The number of benzene rings is 1. The van der Waals surface area contributed by atoms with Gasteiger partial charge in [0.05, 0.1) is 0 Å². The highest BCUT2D eigenvalue weighted by Gasteiger charge is 2.15. The van der Waals surface area contributed by atoms with Gasteiger partial charge in [0.25, 0.3) is 0 Å². The van der Waals surface area contributed by atoms with Crippen molar-refractivity contribution in [3.8, 4) is 12.3 Å². The maximum Gasteiger partial charge on any atom is 0.225 e. The highest BCUT2D eigenvalue weighted by molar-refractivity contribution is 5.92. The number of hydrogen-bond acceptors (Lipinski definition) is 1. The van der Waals surface area contributed by atoms with E-state index >= 15 is 0 Å². The van der Waals surface area contributed by atoms with Crippen molar-refractivity contribution >= 4 is 11.6 Å². The average molecular weight is 257 g/mol. The Kier molecular flexibility index (Phi) is 5.63. The van der Waals surface area contributed by atoms with E-state index in [0.717, 1.165) is 5.69 Å². The van der Waals surface area contributed by atoms with Crippen LogP contribution in [0.2, 0.25) is 0 Å². The van der Waals surface area contributed by atoms with E-state index in [4.69, 9.17) is 6.42 Å². The van der Waals surface area contributed by atoms with Crippen LogP contribution in [0.15, 0.2) is 18.2 Å². The van der Waals surface area contributed by atoms with Crippen molar-refractivity contribution < 1.29 is 4.79 Å². The molecule has 102 valence electrons. The molecular formula is C17H23NO. The standard InChI is InChI=1S/C17H23NO/c1-6-7-11-16(19)18-17-14(12(2)3)9-8-10-15(17)13(4)5/h1,8-10,12-13H,7,11H2,2-5H3,(H,18,19). The average Bonchev–Trinajstić information content (AvgIpc) is 2.35. The Labute approximate surface area is 116 Å². The Balaban J connectivity index is 3.08. The summed E-state index contributed by atoms with van der Waals surface area (Å²) < 4.78 is 0. The zero-order valence-electron chi connectivity index (χ0n) is 12.3. The van der Waals surface area contributed by atoms with Gasteiger partial charge < -0.3 is 5.32 Å². The van der Waals surface area contributed by atoms with Gasteiger partial charge in [0.1, 0.15) is 0 Å². The van der Waals surface area contributed by atoms with Crippen molar-refractivity contribution in [2.45, 2.75) is 52.4 Å². The molecule has 0 unspecified atom stereocenters. The fourth-order valence-electron chi connectivity index (χ4n) is 2.08. The summed E-state index contributed by atoms with van der Waals surface area (Å²) in [5.41, 5.74) is 3.33. The van der Waals surface area contributed by atoms with Crippen molar-refractivity contribution in [1.29, 1.82) is 0 Å². The molecule has 0 spiro atoms. The van der Waals surface area contributed by atoms with Gasteiger partial charge >= 0.3 is 0 Å². The zero-order valence-corrected chi connectivity index (χ0v) is 12.3. The molecule has 0 saturated heterocycles. The van der Waals surface area contributed by atoms with Gasteiger partial charge in [-0.3, -0.25) is 4.79 Å². The number of carbonyl (C=O) groups is 1. The molecule has 1 aromatic rings. The molecule has 0 aliphatic rings. The van der Waals surface area contributed by atoms with Crippen molar-refractivity contribution in [1.82, 2.24) is 0 Å². The number of carbonyl (C=O) groups excluding carboxylic acids is 1. The van der Waals surface area contributed by atoms with Crippen molar-refractivity contribution in [3.63, 3.8) is 0 Å². The van der Waals surface area contributed by atoms with E-state index in [-0.39, 0.29) is 5.91 Å². The van der Waals surface area contributed by atoms with Gasteiger partial charge in [-0.2, -0.15) is 0 Å². The largest absolute Gasteiger partial charge is 0.326 e. The van der Waals surface area contributed by atoms with E-state index in [0.29, 0.717) is 24.7 Å². The van der Waals surface area contributed by atoms with Gasteiger partial charge in [-0.25, -0.2) is 0 Å². The maximum atomic E-state index is 11.9. The van der Waals surface area contributed by atoms with E-state index in [1.54, 1.807) is 0 Å². The number of para-hydroxylation sites is 1. The summed E-state index contributed by atoms with van der Waals surface area (Å²) in [7, 11) is 0. The molecule has 0 fully saturated rings. The first-order valence-electron chi connectivity index (χ1n) is 6.83. The molecule has 2 nitrogen and oxygen atoms in total. The Bertz CT molecular complexity index is 454. The Morgan fingerprint density at radius 3 is 2.16 bits per heavy atom. The van der Waals surface area contributed by atoms with Crippen LogP contribution in [0.25, 0.3) is 0 Å². The number of amides is 1. The van der Waals surface area contributed by atoms with Crippen molar-refractivity contribution in [2.75, 3.05) is 5.32 Å². The normalized spacial score (nSPS) is 10.6. The molecular weight excluding hydrogens is 234 g/mol. The van der Waals surface area contributed by atoms with Crippen LogP contribution < -0.4 is 5.32 Å². The van der Waals surface area contributed by atoms with Crippen molar-refractivity contribution in [3.05, 3.63) is 29.3 Å². The molecule has 0 heterocycles. The second-order valence-electron chi connectivity index (χ2n) is 5.37. The first-order chi connectivity index (χ1) is 8.97. The van der Waals surface area contributed by atoms with Crippen molar-refractivity contribution in [2.24, 2.45) is 0 Å². The molecule has 0 aliphatic carbocycles. The van der Waals surface area contributed by atoms with Crippen LogP contribution >= 0.6 is 0 Å². The number of rotatable bonds is 5. The minimum atomic E-state index is -0.00653. The lowest BCUT2D eigenvalue weighted by molar-refractivity contribution is -0.116. The predicted octanol–water partition coefficient (Wildman–Crippen LogP) is 4.29. The van der Waals surface area contributed by atoms with Gasteiger partial charge in [-0.15, -0.1) is 12.3 Å². The van der Waals surface area contributed by atoms with Gasteiger partial charge in [0.15, 0.2) is 0 Å². The maximum absolute atomic E-state index is 11.9. The van der Waals surface area contributed by atoms with Gasteiger partial charge in [0.2, 0.25) is 5.91 Å². The highest BCUT2D eigenvalue weighted by Crippen LogP contribution is 2.32. The molecule has 2 heteroatoms. The molecule has 1 N–H and O–H groups in total. The lowest BCUT2D eigenvalue weighted by Gasteiger charge is -2.20. The number of nitrogens with one attached hydrogen (secondary N) is 1. The summed E-state index contributed by atoms with van der Waals surface area (Å²) in [6.07, 6.45) is 6.05.